The Balaban J connectivity index is 2.41. The predicted octanol–water partition coefficient (Wildman–Crippen LogP) is 1.64. The summed E-state index contributed by atoms with van der Waals surface area (Å²) in [6.45, 7) is 4.56. The molecule has 2 N–H and O–H groups in total. The average Bonchev–Trinajstić information content (AvgIpc) is 2.30. The third-order valence-electron chi connectivity index (χ3n) is 2.31. The quantitative estimate of drug-likeness (QED) is 0.791. The lowest BCUT2D eigenvalue weighted by Gasteiger charge is -2.09. The van der Waals surface area contributed by atoms with Crippen molar-refractivity contribution in [1.82, 2.24) is 5.32 Å². The number of hydrogen-bond acceptors (Lipinski definition) is 3. The average molecular weight is 237 g/mol. The molecule has 0 heterocycles. The van der Waals surface area contributed by atoms with Gasteiger partial charge in [0.15, 0.2) is 0 Å². The molecule has 1 rings (SSSR count). The number of nitrogens with one attached hydrogen (secondary N) is 1. The smallest absolute Gasteiger partial charge is 0.223 e. The first-order chi connectivity index (χ1) is 8.13. The SMILES string of the molecule is CCNC(=O)CCOc1cccc([C@H](C)O)c1. The molecule has 0 aliphatic carbocycles. The van der Waals surface area contributed by atoms with E-state index in [9.17, 15) is 9.90 Å². The minimum absolute atomic E-state index is 0.0146. The molecule has 0 saturated heterocycles. The number of hydrogen-bond donors (Lipinski definition) is 2. The molecular weight excluding hydrogens is 218 g/mol. The molecule has 0 aromatic heterocycles. The van der Waals surface area contributed by atoms with E-state index in [1.807, 2.05) is 25.1 Å². The molecule has 1 aromatic carbocycles. The van der Waals surface area contributed by atoms with Crippen LogP contribution < -0.4 is 10.1 Å². The second kappa shape index (κ2) is 6.91. The second-order valence-corrected chi connectivity index (χ2v) is 3.80. The number of aliphatic hydroxyl groups is 1. The highest BCUT2D eigenvalue weighted by atomic mass is 16.5. The van der Waals surface area contributed by atoms with Crippen molar-refractivity contribution < 1.29 is 14.6 Å². The van der Waals surface area contributed by atoms with Crippen molar-refractivity contribution in [2.45, 2.75) is 26.4 Å². The van der Waals surface area contributed by atoms with E-state index in [1.165, 1.54) is 0 Å². The summed E-state index contributed by atoms with van der Waals surface area (Å²) < 4.78 is 5.44. The van der Waals surface area contributed by atoms with Crippen LogP contribution in [0.3, 0.4) is 0 Å². The Kier molecular flexibility index (Phi) is 5.49. The van der Waals surface area contributed by atoms with E-state index in [1.54, 1.807) is 13.0 Å². The highest BCUT2D eigenvalue weighted by molar-refractivity contribution is 5.75. The minimum atomic E-state index is -0.512. The molecule has 17 heavy (non-hydrogen) atoms. The van der Waals surface area contributed by atoms with Gasteiger partial charge in [-0.05, 0) is 31.5 Å². The van der Waals surface area contributed by atoms with Gasteiger partial charge in [0.05, 0.1) is 19.1 Å². The van der Waals surface area contributed by atoms with E-state index in [0.29, 0.717) is 25.3 Å². The van der Waals surface area contributed by atoms with Gasteiger partial charge < -0.3 is 15.2 Å². The van der Waals surface area contributed by atoms with Gasteiger partial charge in [0, 0.05) is 6.54 Å². The van der Waals surface area contributed by atoms with E-state index >= 15 is 0 Å². The molecule has 0 radical (unpaired) electrons. The van der Waals surface area contributed by atoms with Gasteiger partial charge in [-0.2, -0.15) is 0 Å². The highest BCUT2D eigenvalue weighted by Crippen LogP contribution is 2.18. The zero-order chi connectivity index (χ0) is 12.7. The van der Waals surface area contributed by atoms with Crippen LogP contribution in [0.2, 0.25) is 0 Å². The molecule has 94 valence electrons. The predicted molar refractivity (Wildman–Crippen MR) is 65.9 cm³/mol. The third kappa shape index (κ3) is 4.87. The molecule has 1 atom stereocenters. The maximum absolute atomic E-state index is 11.2. The van der Waals surface area contributed by atoms with Crippen molar-refractivity contribution >= 4 is 5.91 Å². The first kappa shape index (κ1) is 13.5. The summed E-state index contributed by atoms with van der Waals surface area (Å²) in [5, 5.41) is 12.1. The fourth-order valence-electron chi connectivity index (χ4n) is 1.41. The molecule has 0 aliphatic heterocycles. The molecule has 0 spiro atoms. The van der Waals surface area contributed by atoms with Crippen LogP contribution in [0.1, 0.15) is 31.9 Å². The maximum atomic E-state index is 11.2. The Morgan fingerprint density at radius 1 is 1.53 bits per heavy atom. The summed E-state index contributed by atoms with van der Waals surface area (Å²) >= 11 is 0. The van der Waals surface area contributed by atoms with Gasteiger partial charge in [0.1, 0.15) is 5.75 Å². The van der Waals surface area contributed by atoms with E-state index in [2.05, 4.69) is 5.32 Å². The lowest BCUT2D eigenvalue weighted by Crippen LogP contribution is -2.24. The topological polar surface area (TPSA) is 58.6 Å². The van der Waals surface area contributed by atoms with E-state index in [4.69, 9.17) is 4.74 Å². The molecule has 1 aromatic rings. The van der Waals surface area contributed by atoms with Gasteiger partial charge >= 0.3 is 0 Å². The number of ether oxygens (including phenoxy) is 1. The summed E-state index contributed by atoms with van der Waals surface area (Å²) in [5.74, 6) is 0.659. The summed E-state index contributed by atoms with van der Waals surface area (Å²) in [4.78, 5) is 11.2. The molecule has 0 bridgehead atoms. The third-order valence-corrected chi connectivity index (χ3v) is 2.31. The summed E-state index contributed by atoms with van der Waals surface area (Å²) in [5.41, 5.74) is 0.806. The fourth-order valence-corrected chi connectivity index (χ4v) is 1.41. The summed E-state index contributed by atoms with van der Waals surface area (Å²) in [6, 6.07) is 7.25. The van der Waals surface area contributed by atoms with Crippen molar-refractivity contribution in [3.8, 4) is 5.75 Å². The molecule has 0 fully saturated rings. The van der Waals surface area contributed by atoms with Gasteiger partial charge in [-0.3, -0.25) is 4.79 Å². The van der Waals surface area contributed by atoms with Gasteiger partial charge in [-0.15, -0.1) is 0 Å². The van der Waals surface area contributed by atoms with Crippen molar-refractivity contribution in [3.63, 3.8) is 0 Å². The van der Waals surface area contributed by atoms with Gasteiger partial charge in [-0.1, -0.05) is 12.1 Å². The number of aliphatic hydroxyl groups excluding tert-OH is 1. The van der Waals surface area contributed by atoms with Gasteiger partial charge in [0.2, 0.25) is 5.91 Å². The van der Waals surface area contributed by atoms with Crippen LogP contribution in [0.15, 0.2) is 24.3 Å². The molecule has 4 heteroatoms. The van der Waals surface area contributed by atoms with E-state index in [-0.39, 0.29) is 5.91 Å². The Morgan fingerprint density at radius 2 is 2.29 bits per heavy atom. The minimum Gasteiger partial charge on any atom is -0.493 e. The fraction of sp³-hybridized carbons (Fsp3) is 0.462. The van der Waals surface area contributed by atoms with Crippen LogP contribution >= 0.6 is 0 Å². The van der Waals surface area contributed by atoms with Crippen LogP contribution in [0.4, 0.5) is 0 Å². The van der Waals surface area contributed by atoms with Crippen LogP contribution in [0.5, 0.6) is 5.75 Å². The van der Waals surface area contributed by atoms with Crippen molar-refractivity contribution in [1.29, 1.82) is 0 Å². The summed E-state index contributed by atoms with van der Waals surface area (Å²) in [7, 11) is 0. The Morgan fingerprint density at radius 3 is 2.94 bits per heavy atom. The normalized spacial score (nSPS) is 11.9. The van der Waals surface area contributed by atoms with E-state index in [0.717, 1.165) is 5.56 Å². The molecule has 1 amide bonds. The molecule has 0 saturated carbocycles. The largest absolute Gasteiger partial charge is 0.493 e. The lowest BCUT2D eigenvalue weighted by atomic mass is 10.1. The first-order valence-electron chi connectivity index (χ1n) is 5.81. The molecule has 0 unspecified atom stereocenters. The Bertz CT molecular complexity index is 363. The second-order valence-electron chi connectivity index (χ2n) is 3.80. The van der Waals surface area contributed by atoms with Crippen LogP contribution in [-0.2, 0) is 4.79 Å². The zero-order valence-electron chi connectivity index (χ0n) is 10.3. The molecule has 4 nitrogen and oxygen atoms in total. The molecule has 0 aliphatic rings. The maximum Gasteiger partial charge on any atom is 0.223 e. The van der Waals surface area contributed by atoms with Crippen molar-refractivity contribution in [2.75, 3.05) is 13.2 Å². The number of rotatable bonds is 6. The van der Waals surface area contributed by atoms with Gasteiger partial charge in [-0.25, -0.2) is 0 Å². The highest BCUT2D eigenvalue weighted by Gasteiger charge is 2.03. The number of carbonyl (C=O) groups excluding carboxylic acids is 1. The van der Waals surface area contributed by atoms with Crippen LogP contribution in [0, 0.1) is 0 Å². The Labute approximate surface area is 102 Å². The lowest BCUT2D eigenvalue weighted by molar-refractivity contribution is -0.121. The number of benzene rings is 1. The van der Waals surface area contributed by atoms with Crippen LogP contribution in [-0.4, -0.2) is 24.2 Å². The monoisotopic (exact) mass is 237 g/mol. The number of carbonyl (C=O) groups is 1. The van der Waals surface area contributed by atoms with Gasteiger partial charge in [0.25, 0.3) is 0 Å². The van der Waals surface area contributed by atoms with Crippen molar-refractivity contribution in [3.05, 3.63) is 29.8 Å². The summed E-state index contributed by atoms with van der Waals surface area (Å²) in [6.07, 6.45) is -0.172. The zero-order valence-corrected chi connectivity index (χ0v) is 10.3. The standard InChI is InChI=1S/C13H19NO3/c1-3-14-13(16)7-8-17-12-6-4-5-11(9-12)10(2)15/h4-6,9-10,15H,3,7-8H2,1-2H3,(H,14,16)/t10-/m0/s1. The first-order valence-corrected chi connectivity index (χ1v) is 5.81. The Hall–Kier alpha value is -1.55. The molecular formula is C13H19NO3. The van der Waals surface area contributed by atoms with Crippen molar-refractivity contribution in [2.24, 2.45) is 0 Å². The van der Waals surface area contributed by atoms with Crippen LogP contribution in [0.25, 0.3) is 0 Å². The number of amides is 1. The van der Waals surface area contributed by atoms with E-state index < -0.39 is 6.10 Å².